The molecule has 22 heavy (non-hydrogen) atoms. The van der Waals surface area contributed by atoms with Crippen LogP contribution in [0.15, 0.2) is 0 Å². The second-order valence-corrected chi connectivity index (χ2v) is 4.95. The van der Waals surface area contributed by atoms with Crippen molar-refractivity contribution >= 4 is 24.5 Å². The molecule has 1 fully saturated rings. The van der Waals surface area contributed by atoms with Gasteiger partial charge in [-0.05, 0) is 0 Å². The number of carboxylic acid groups (broad SMARTS) is 1. The molecule has 8 N–H and O–H groups in total. The van der Waals surface area contributed by atoms with E-state index in [2.05, 4.69) is 17.9 Å². The van der Waals surface area contributed by atoms with Gasteiger partial charge in [-0.25, -0.2) is 0 Å². The molecule has 0 bridgehead atoms. The zero-order chi connectivity index (χ0) is 17.4. The summed E-state index contributed by atoms with van der Waals surface area (Å²) in [5, 5.41) is 47.4. The van der Waals surface area contributed by atoms with Crippen molar-refractivity contribution in [2.45, 2.75) is 43.6 Å². The maximum Gasteiger partial charge on any atom is 0.321 e. The number of hydrogen-bond donors (Lipinski definition) is 8. The van der Waals surface area contributed by atoms with Gasteiger partial charge >= 0.3 is 5.97 Å². The molecule has 1 amide bonds. The molecule has 0 aromatic rings. The van der Waals surface area contributed by atoms with Gasteiger partial charge in [0, 0.05) is 12.7 Å². The van der Waals surface area contributed by atoms with E-state index in [0.717, 1.165) is 0 Å². The van der Waals surface area contributed by atoms with E-state index in [1.807, 2.05) is 0 Å². The second-order valence-electron chi connectivity index (χ2n) is 4.58. The lowest BCUT2D eigenvalue weighted by Gasteiger charge is -2.40. The van der Waals surface area contributed by atoms with Crippen LogP contribution in [0, 0.1) is 0 Å². The lowest BCUT2D eigenvalue weighted by atomic mass is 9.97. The van der Waals surface area contributed by atoms with E-state index in [4.69, 9.17) is 20.7 Å². The van der Waals surface area contributed by atoms with Crippen molar-refractivity contribution in [3.8, 4) is 0 Å². The number of aliphatic hydroxyl groups is 4. The SMILES string of the molecule is CC(=O)N[C@H]1C(O)O[C@H](CO)[C@@H](O)[C@@H]1O.N[C@@H](CS)C(=O)O. The van der Waals surface area contributed by atoms with E-state index in [9.17, 15) is 24.9 Å². The number of carbonyl (C=O) groups excluding carboxylic acids is 1. The minimum absolute atomic E-state index is 0.190. The first-order valence-electron chi connectivity index (χ1n) is 6.32. The van der Waals surface area contributed by atoms with Crippen molar-refractivity contribution in [2.75, 3.05) is 12.4 Å². The van der Waals surface area contributed by atoms with Crippen molar-refractivity contribution in [1.82, 2.24) is 5.32 Å². The fourth-order valence-corrected chi connectivity index (χ4v) is 1.72. The Morgan fingerprint density at radius 3 is 2.18 bits per heavy atom. The van der Waals surface area contributed by atoms with Crippen molar-refractivity contribution in [3.63, 3.8) is 0 Å². The number of carboxylic acids is 1. The van der Waals surface area contributed by atoms with E-state index in [-0.39, 0.29) is 5.75 Å². The Morgan fingerprint density at radius 2 is 1.86 bits per heavy atom. The fourth-order valence-electron chi connectivity index (χ4n) is 1.57. The highest BCUT2D eigenvalue weighted by molar-refractivity contribution is 7.80. The van der Waals surface area contributed by atoms with E-state index >= 15 is 0 Å². The van der Waals surface area contributed by atoms with Crippen LogP contribution in [-0.2, 0) is 14.3 Å². The van der Waals surface area contributed by atoms with Gasteiger partial charge < -0.3 is 41.3 Å². The van der Waals surface area contributed by atoms with Gasteiger partial charge in [-0.2, -0.15) is 12.6 Å². The smallest absolute Gasteiger partial charge is 0.321 e. The predicted molar refractivity (Wildman–Crippen MR) is 77.0 cm³/mol. The van der Waals surface area contributed by atoms with Gasteiger partial charge in [0.05, 0.1) is 6.61 Å². The zero-order valence-corrected chi connectivity index (χ0v) is 12.8. The molecule has 10 nitrogen and oxygen atoms in total. The van der Waals surface area contributed by atoms with Gasteiger partial charge in [-0.1, -0.05) is 0 Å². The van der Waals surface area contributed by atoms with Crippen molar-refractivity contribution in [1.29, 1.82) is 0 Å². The monoisotopic (exact) mass is 342 g/mol. The van der Waals surface area contributed by atoms with Crippen LogP contribution in [0.2, 0.25) is 0 Å². The Bertz CT molecular complexity index is 372. The van der Waals surface area contributed by atoms with Gasteiger partial charge in [-0.15, -0.1) is 0 Å². The van der Waals surface area contributed by atoms with Crippen LogP contribution in [0.5, 0.6) is 0 Å². The van der Waals surface area contributed by atoms with Gasteiger partial charge in [0.25, 0.3) is 0 Å². The van der Waals surface area contributed by atoms with Crippen LogP contribution in [0.4, 0.5) is 0 Å². The number of aliphatic hydroxyl groups excluding tert-OH is 4. The van der Waals surface area contributed by atoms with Gasteiger partial charge in [0.15, 0.2) is 6.29 Å². The zero-order valence-electron chi connectivity index (χ0n) is 11.9. The Labute approximate surface area is 132 Å². The average Bonchev–Trinajstić information content (AvgIpc) is 2.46. The number of amides is 1. The first-order chi connectivity index (χ1) is 10.1. The van der Waals surface area contributed by atoms with Crippen molar-refractivity contribution in [2.24, 2.45) is 5.73 Å². The summed E-state index contributed by atoms with van der Waals surface area (Å²) < 4.78 is 4.81. The summed E-state index contributed by atoms with van der Waals surface area (Å²) in [7, 11) is 0. The largest absolute Gasteiger partial charge is 0.480 e. The minimum atomic E-state index is -1.45. The summed E-state index contributed by atoms with van der Waals surface area (Å²) in [4.78, 5) is 20.5. The molecule has 1 aliphatic heterocycles. The molecule has 6 atom stereocenters. The normalized spacial score (nSPS) is 32.4. The molecule has 0 spiro atoms. The third kappa shape index (κ3) is 6.44. The topological polar surface area (TPSA) is 183 Å². The lowest BCUT2D eigenvalue weighted by molar-refractivity contribution is -0.253. The molecular weight excluding hydrogens is 320 g/mol. The van der Waals surface area contributed by atoms with Crippen LogP contribution in [-0.4, -0.2) is 86.5 Å². The summed E-state index contributed by atoms with van der Waals surface area (Å²) in [6.45, 7) is 0.687. The molecule has 1 saturated heterocycles. The molecule has 130 valence electrons. The Morgan fingerprint density at radius 1 is 1.32 bits per heavy atom. The van der Waals surface area contributed by atoms with E-state index in [1.165, 1.54) is 6.92 Å². The van der Waals surface area contributed by atoms with Gasteiger partial charge in [0.1, 0.15) is 30.4 Å². The molecule has 0 aromatic heterocycles. The summed E-state index contributed by atoms with van der Waals surface area (Å²) in [6.07, 6.45) is -5.24. The van der Waals surface area contributed by atoms with Crippen molar-refractivity contribution < 1.29 is 39.9 Å². The number of nitrogens with two attached hydrogens (primary N) is 1. The minimum Gasteiger partial charge on any atom is -0.480 e. The first kappa shape index (κ1) is 21.0. The molecule has 0 aliphatic carbocycles. The van der Waals surface area contributed by atoms with Crippen LogP contribution in [0.3, 0.4) is 0 Å². The van der Waals surface area contributed by atoms with Crippen LogP contribution in [0.1, 0.15) is 6.92 Å². The van der Waals surface area contributed by atoms with Gasteiger partial charge in [0.2, 0.25) is 5.91 Å². The summed E-state index contributed by atoms with van der Waals surface area (Å²) >= 11 is 3.65. The summed E-state index contributed by atoms with van der Waals surface area (Å²) in [5.41, 5.74) is 4.94. The van der Waals surface area contributed by atoms with Crippen LogP contribution in [0.25, 0.3) is 0 Å². The van der Waals surface area contributed by atoms with Crippen LogP contribution >= 0.6 is 12.6 Å². The average molecular weight is 342 g/mol. The third-order valence-electron chi connectivity index (χ3n) is 2.78. The Balaban J connectivity index is 0.000000534. The molecule has 0 radical (unpaired) electrons. The number of thiol groups is 1. The molecular formula is C11H22N2O8S. The Hall–Kier alpha value is -0.950. The molecule has 11 heteroatoms. The number of rotatable bonds is 4. The van der Waals surface area contributed by atoms with E-state index in [0.29, 0.717) is 0 Å². The number of ether oxygens (including phenoxy) is 1. The molecule has 1 rings (SSSR count). The number of hydrogen-bond acceptors (Lipinski definition) is 9. The maximum absolute atomic E-state index is 10.7. The second kappa shape index (κ2) is 9.94. The lowest BCUT2D eigenvalue weighted by Crippen LogP contribution is -2.63. The standard InChI is InChI=1S/C8H15NO6.C3H7NO2S/c1-3(11)9-5-7(13)6(12)4(2-10)15-8(5)14;4-2(1-7)3(5)6/h4-8,10,12-14H,2H2,1H3,(H,9,11);2,7H,1,4H2,(H,5,6)/t4-,5-,6-,7-,8?;2-/m10/s1. The molecule has 0 aromatic carbocycles. The first-order valence-corrected chi connectivity index (χ1v) is 6.95. The van der Waals surface area contributed by atoms with E-state index < -0.39 is 55.2 Å². The number of nitrogens with one attached hydrogen (secondary N) is 1. The third-order valence-corrected chi connectivity index (χ3v) is 3.18. The number of aliphatic carboxylic acids is 1. The highest BCUT2D eigenvalue weighted by Crippen LogP contribution is 2.19. The predicted octanol–water partition coefficient (Wildman–Crippen LogP) is -3.75. The molecule has 1 heterocycles. The molecule has 0 saturated carbocycles. The maximum atomic E-state index is 10.7. The quantitative estimate of drug-likeness (QED) is 0.238. The molecule has 1 unspecified atom stereocenters. The summed E-state index contributed by atoms with van der Waals surface area (Å²) in [5.74, 6) is -1.28. The van der Waals surface area contributed by atoms with Crippen molar-refractivity contribution in [3.05, 3.63) is 0 Å². The van der Waals surface area contributed by atoms with Gasteiger partial charge in [-0.3, -0.25) is 9.59 Å². The summed E-state index contributed by atoms with van der Waals surface area (Å²) in [6, 6.07) is -1.91. The number of carbonyl (C=O) groups is 2. The van der Waals surface area contributed by atoms with E-state index in [1.54, 1.807) is 0 Å². The fraction of sp³-hybridized carbons (Fsp3) is 0.818. The highest BCUT2D eigenvalue weighted by atomic mass is 32.1. The Kier molecular flexibility index (Phi) is 9.51. The highest BCUT2D eigenvalue weighted by Gasteiger charge is 2.43. The molecule has 1 aliphatic rings. The van der Waals surface area contributed by atoms with Crippen LogP contribution < -0.4 is 11.1 Å².